The van der Waals surface area contributed by atoms with E-state index in [1.807, 2.05) is 13.8 Å². The SMILES string of the molecule is Cc1sc2ncnc(N/N=C/c3ccc(O)cc3O)c2c1C. The molecule has 2 heterocycles. The lowest BCUT2D eigenvalue weighted by Crippen LogP contribution is -1.95. The molecule has 0 aliphatic carbocycles. The normalized spacial score (nSPS) is 11.4. The van der Waals surface area contributed by atoms with E-state index in [1.54, 1.807) is 17.4 Å². The Morgan fingerprint density at radius 2 is 2.05 bits per heavy atom. The van der Waals surface area contributed by atoms with E-state index in [0.717, 1.165) is 15.8 Å². The standard InChI is InChI=1S/C15H14N4O2S/c1-8-9(2)22-15-13(8)14(16-7-17-15)19-18-6-10-3-4-11(20)5-12(10)21/h3-7,20-21H,1-2H3,(H,16,17,19)/b18-6+. The third-order valence-corrected chi connectivity index (χ3v) is 4.47. The van der Waals surface area contributed by atoms with Crippen molar-refractivity contribution in [2.75, 3.05) is 5.43 Å². The van der Waals surface area contributed by atoms with Crippen molar-refractivity contribution < 1.29 is 10.2 Å². The van der Waals surface area contributed by atoms with Crippen molar-refractivity contribution in [2.24, 2.45) is 5.10 Å². The monoisotopic (exact) mass is 314 g/mol. The van der Waals surface area contributed by atoms with Crippen LogP contribution in [0.25, 0.3) is 10.2 Å². The number of hydrogen-bond donors (Lipinski definition) is 3. The van der Waals surface area contributed by atoms with Crippen LogP contribution in [-0.2, 0) is 0 Å². The number of anilines is 1. The number of aryl methyl sites for hydroxylation is 2. The van der Waals surface area contributed by atoms with Crippen LogP contribution in [0.3, 0.4) is 0 Å². The molecule has 0 atom stereocenters. The maximum atomic E-state index is 9.70. The van der Waals surface area contributed by atoms with E-state index in [9.17, 15) is 10.2 Å². The summed E-state index contributed by atoms with van der Waals surface area (Å²) >= 11 is 1.62. The Labute approximate surface area is 130 Å². The Hall–Kier alpha value is -2.67. The number of aromatic nitrogens is 2. The summed E-state index contributed by atoms with van der Waals surface area (Å²) in [6.45, 7) is 4.07. The Morgan fingerprint density at radius 1 is 1.23 bits per heavy atom. The molecule has 3 aromatic rings. The molecule has 0 aliphatic heterocycles. The number of aromatic hydroxyl groups is 2. The van der Waals surface area contributed by atoms with Crippen LogP contribution in [0.15, 0.2) is 29.6 Å². The van der Waals surface area contributed by atoms with Crippen LogP contribution in [0.4, 0.5) is 5.82 Å². The highest BCUT2D eigenvalue weighted by atomic mass is 32.1. The molecule has 0 saturated carbocycles. The molecular weight excluding hydrogens is 300 g/mol. The number of fused-ring (bicyclic) bond motifs is 1. The van der Waals surface area contributed by atoms with Gasteiger partial charge in [0, 0.05) is 16.5 Å². The third kappa shape index (κ3) is 2.58. The minimum absolute atomic E-state index is 0.00416. The molecule has 3 rings (SSSR count). The molecule has 0 saturated heterocycles. The summed E-state index contributed by atoms with van der Waals surface area (Å²) in [5, 5.41) is 24.0. The summed E-state index contributed by atoms with van der Waals surface area (Å²) < 4.78 is 0. The highest BCUT2D eigenvalue weighted by molar-refractivity contribution is 7.18. The number of benzene rings is 1. The molecule has 112 valence electrons. The molecule has 3 N–H and O–H groups in total. The number of phenols is 2. The minimum Gasteiger partial charge on any atom is -0.508 e. The number of hydrazone groups is 1. The Balaban J connectivity index is 1.89. The van der Waals surface area contributed by atoms with Gasteiger partial charge in [0.15, 0.2) is 5.82 Å². The number of thiophene rings is 1. The highest BCUT2D eigenvalue weighted by Gasteiger charge is 2.11. The summed E-state index contributed by atoms with van der Waals surface area (Å²) in [5.74, 6) is 0.590. The van der Waals surface area contributed by atoms with Crippen molar-refractivity contribution in [1.29, 1.82) is 0 Å². The van der Waals surface area contributed by atoms with E-state index in [4.69, 9.17) is 0 Å². The lowest BCUT2D eigenvalue weighted by atomic mass is 10.2. The molecule has 7 heteroatoms. The van der Waals surface area contributed by atoms with Crippen LogP contribution in [0.1, 0.15) is 16.0 Å². The van der Waals surface area contributed by atoms with Gasteiger partial charge in [-0.15, -0.1) is 11.3 Å². The molecule has 0 amide bonds. The van der Waals surface area contributed by atoms with Crippen molar-refractivity contribution in [3.63, 3.8) is 0 Å². The first-order valence-corrected chi connectivity index (χ1v) is 7.39. The summed E-state index contributed by atoms with van der Waals surface area (Å²) in [6, 6.07) is 4.32. The van der Waals surface area contributed by atoms with E-state index in [2.05, 4.69) is 20.5 Å². The molecule has 0 spiro atoms. The minimum atomic E-state index is -0.0408. The van der Waals surface area contributed by atoms with Gasteiger partial charge in [-0.2, -0.15) is 5.10 Å². The molecule has 1 aromatic carbocycles. The molecule has 0 fully saturated rings. The topological polar surface area (TPSA) is 90.6 Å². The van der Waals surface area contributed by atoms with Crippen LogP contribution >= 0.6 is 11.3 Å². The largest absolute Gasteiger partial charge is 0.508 e. The maximum Gasteiger partial charge on any atom is 0.158 e. The number of hydrogen-bond acceptors (Lipinski definition) is 7. The van der Waals surface area contributed by atoms with Crippen LogP contribution in [0.2, 0.25) is 0 Å². The molecular formula is C15H14N4O2S. The van der Waals surface area contributed by atoms with Crippen LogP contribution in [-0.4, -0.2) is 26.4 Å². The van der Waals surface area contributed by atoms with Gasteiger partial charge in [-0.3, -0.25) is 5.43 Å². The number of rotatable bonds is 3. The van der Waals surface area contributed by atoms with E-state index in [1.165, 1.54) is 29.6 Å². The van der Waals surface area contributed by atoms with Crippen LogP contribution in [0.5, 0.6) is 11.5 Å². The molecule has 6 nitrogen and oxygen atoms in total. The highest BCUT2D eigenvalue weighted by Crippen LogP contribution is 2.32. The summed E-state index contributed by atoms with van der Waals surface area (Å²) in [7, 11) is 0. The Bertz CT molecular complexity index is 873. The van der Waals surface area contributed by atoms with Crippen molar-refractivity contribution in [2.45, 2.75) is 13.8 Å². The number of phenolic OH excluding ortho intramolecular Hbond substituents is 2. The van der Waals surface area contributed by atoms with E-state index in [-0.39, 0.29) is 11.5 Å². The van der Waals surface area contributed by atoms with Gasteiger partial charge in [-0.05, 0) is 31.5 Å². The summed E-state index contributed by atoms with van der Waals surface area (Å²) in [4.78, 5) is 10.6. The number of nitrogens with one attached hydrogen (secondary N) is 1. The summed E-state index contributed by atoms with van der Waals surface area (Å²) in [5.41, 5.74) is 4.51. The van der Waals surface area contributed by atoms with E-state index >= 15 is 0 Å². The van der Waals surface area contributed by atoms with Gasteiger partial charge >= 0.3 is 0 Å². The average Bonchev–Trinajstić information content (AvgIpc) is 2.77. The van der Waals surface area contributed by atoms with Crippen molar-refractivity contribution in [1.82, 2.24) is 9.97 Å². The quantitative estimate of drug-likeness (QED) is 0.510. The zero-order valence-electron chi connectivity index (χ0n) is 12.0. The number of nitrogens with zero attached hydrogens (tertiary/aromatic N) is 3. The fourth-order valence-electron chi connectivity index (χ4n) is 2.07. The first-order valence-electron chi connectivity index (χ1n) is 6.58. The first kappa shape index (κ1) is 14.3. The molecule has 2 aromatic heterocycles. The second kappa shape index (κ2) is 5.61. The van der Waals surface area contributed by atoms with Gasteiger partial charge in [0.1, 0.15) is 22.7 Å². The molecule has 0 bridgehead atoms. The molecule has 0 aliphatic rings. The van der Waals surface area contributed by atoms with Crippen molar-refractivity contribution in [3.8, 4) is 11.5 Å². The van der Waals surface area contributed by atoms with Gasteiger partial charge in [0.25, 0.3) is 0 Å². The third-order valence-electron chi connectivity index (χ3n) is 3.35. The predicted molar refractivity (Wildman–Crippen MR) is 87.9 cm³/mol. The fourth-order valence-corrected chi connectivity index (χ4v) is 3.07. The van der Waals surface area contributed by atoms with Gasteiger partial charge in [0.2, 0.25) is 0 Å². The Kier molecular flexibility index (Phi) is 3.64. The van der Waals surface area contributed by atoms with Gasteiger partial charge in [-0.1, -0.05) is 0 Å². The first-order chi connectivity index (χ1) is 10.6. The van der Waals surface area contributed by atoms with Crippen molar-refractivity contribution in [3.05, 3.63) is 40.5 Å². The molecule has 22 heavy (non-hydrogen) atoms. The Morgan fingerprint density at radius 3 is 2.82 bits per heavy atom. The molecule has 0 radical (unpaired) electrons. The van der Waals surface area contributed by atoms with E-state index in [0.29, 0.717) is 11.4 Å². The molecule has 0 unspecified atom stereocenters. The van der Waals surface area contributed by atoms with Crippen LogP contribution in [0, 0.1) is 13.8 Å². The average molecular weight is 314 g/mol. The maximum absolute atomic E-state index is 9.70. The van der Waals surface area contributed by atoms with Gasteiger partial charge in [0.05, 0.1) is 11.6 Å². The van der Waals surface area contributed by atoms with Crippen LogP contribution < -0.4 is 5.43 Å². The zero-order chi connectivity index (χ0) is 15.7. The van der Waals surface area contributed by atoms with Gasteiger partial charge < -0.3 is 10.2 Å². The second-order valence-electron chi connectivity index (χ2n) is 4.80. The lowest BCUT2D eigenvalue weighted by Gasteiger charge is -2.02. The smallest absolute Gasteiger partial charge is 0.158 e. The van der Waals surface area contributed by atoms with Gasteiger partial charge in [-0.25, -0.2) is 9.97 Å². The second-order valence-corrected chi connectivity index (χ2v) is 6.00. The van der Waals surface area contributed by atoms with E-state index < -0.39 is 0 Å². The lowest BCUT2D eigenvalue weighted by molar-refractivity contribution is 0.450. The van der Waals surface area contributed by atoms with Crippen molar-refractivity contribution >= 4 is 33.6 Å². The summed E-state index contributed by atoms with van der Waals surface area (Å²) in [6.07, 6.45) is 2.96. The zero-order valence-corrected chi connectivity index (χ0v) is 12.8. The predicted octanol–water partition coefficient (Wildman–Crippen LogP) is 3.17. The fraction of sp³-hybridized carbons (Fsp3) is 0.133.